The van der Waals surface area contributed by atoms with E-state index < -0.39 is 53.3 Å². The van der Waals surface area contributed by atoms with E-state index in [0.717, 1.165) is 12.1 Å². The topological polar surface area (TPSA) is 140 Å². The molecule has 2 aliphatic heterocycles. The molecule has 272 valence electrons. The molecule has 0 bridgehead atoms. The average molecular weight is 753 g/mol. The maximum Gasteiger partial charge on any atom is 0.573 e. The van der Waals surface area contributed by atoms with Gasteiger partial charge in [-0.25, -0.2) is 9.88 Å². The molecule has 2 aliphatic rings. The van der Waals surface area contributed by atoms with Crippen LogP contribution in [-0.2, 0) is 35.9 Å². The van der Waals surface area contributed by atoms with E-state index >= 15 is 0 Å². The van der Waals surface area contributed by atoms with Crippen molar-refractivity contribution in [2.45, 2.75) is 64.4 Å². The standard InChI is InChI=1S/C34H34Cl2F3N5O7/c1-4-50-28(46)15-27(45)21-6-5-11-42(18-21)30(48)19(2)41-29(47)26-17-40-32-43(24-13-22(35)12-23(36)14-24)31(49)33(3,44(26)32)16-20-7-9-25(10-8-20)51-34(37,38)39/h7-10,12-14,17,19,21H,4-6,11,15-16,18H2,1-3H3,(H,41,47). The summed E-state index contributed by atoms with van der Waals surface area (Å²) in [6.07, 6.45) is -3.09. The van der Waals surface area contributed by atoms with Gasteiger partial charge in [0.15, 0.2) is 0 Å². The van der Waals surface area contributed by atoms with Crippen LogP contribution in [0.1, 0.15) is 56.1 Å². The molecule has 17 heteroatoms. The fourth-order valence-electron chi connectivity index (χ4n) is 6.38. The number of nitrogens with one attached hydrogen (secondary N) is 1. The fraction of sp³-hybridized carbons (Fsp3) is 0.412. The summed E-state index contributed by atoms with van der Waals surface area (Å²) in [5, 5.41) is 3.13. The number of piperidine rings is 1. The molecule has 12 nitrogen and oxygen atoms in total. The molecule has 1 saturated heterocycles. The van der Waals surface area contributed by atoms with Crippen molar-refractivity contribution in [1.29, 1.82) is 0 Å². The number of anilines is 2. The first-order valence-electron chi connectivity index (χ1n) is 16.0. The number of carbonyl (C=O) groups is 5. The van der Waals surface area contributed by atoms with Crippen molar-refractivity contribution >= 4 is 64.3 Å². The van der Waals surface area contributed by atoms with Gasteiger partial charge in [-0.3, -0.25) is 28.5 Å². The van der Waals surface area contributed by atoms with E-state index in [-0.39, 0.29) is 59.2 Å². The van der Waals surface area contributed by atoms with Crippen LogP contribution < -0.4 is 15.0 Å². The molecule has 3 atom stereocenters. The lowest BCUT2D eigenvalue weighted by atomic mass is 9.91. The molecule has 3 heterocycles. The molecule has 0 aliphatic carbocycles. The van der Waals surface area contributed by atoms with Gasteiger partial charge in [-0.1, -0.05) is 35.3 Å². The molecule has 1 N–H and O–H groups in total. The number of amides is 3. The maximum absolute atomic E-state index is 14.3. The number of ether oxygens (including phenoxy) is 2. The van der Waals surface area contributed by atoms with Gasteiger partial charge in [0.25, 0.3) is 11.8 Å². The van der Waals surface area contributed by atoms with E-state index in [2.05, 4.69) is 15.0 Å². The molecular formula is C34H34Cl2F3N5O7. The number of hydrogen-bond donors (Lipinski definition) is 1. The summed E-state index contributed by atoms with van der Waals surface area (Å²) in [5.74, 6) is -3.64. The summed E-state index contributed by atoms with van der Waals surface area (Å²) >= 11 is 12.5. The minimum Gasteiger partial charge on any atom is -0.466 e. The Balaban J connectivity index is 1.40. The molecule has 5 rings (SSSR count). The summed E-state index contributed by atoms with van der Waals surface area (Å²) in [6, 6.07) is 8.37. The van der Waals surface area contributed by atoms with E-state index in [0.29, 0.717) is 24.9 Å². The summed E-state index contributed by atoms with van der Waals surface area (Å²) < 4.78 is 48.5. The van der Waals surface area contributed by atoms with Crippen molar-refractivity contribution in [2.75, 3.05) is 24.6 Å². The van der Waals surface area contributed by atoms with Crippen LogP contribution in [0, 0.1) is 5.92 Å². The number of Topliss-reactive ketones (excluding diaryl/α,β-unsaturated/α-hetero) is 1. The van der Waals surface area contributed by atoms with Crippen molar-refractivity contribution in [2.24, 2.45) is 5.92 Å². The smallest absolute Gasteiger partial charge is 0.466 e. The quantitative estimate of drug-likeness (QED) is 0.197. The van der Waals surface area contributed by atoms with Crippen molar-refractivity contribution in [3.8, 4) is 5.75 Å². The molecule has 0 spiro atoms. The Morgan fingerprint density at radius 2 is 1.76 bits per heavy atom. The Bertz CT molecular complexity index is 1830. The number of rotatable bonds is 11. The van der Waals surface area contributed by atoms with Crippen molar-refractivity contribution in [3.05, 3.63) is 70.0 Å². The number of fused-ring (bicyclic) bond motifs is 1. The first-order chi connectivity index (χ1) is 24.0. The summed E-state index contributed by atoms with van der Waals surface area (Å²) in [6.45, 7) is 5.25. The van der Waals surface area contributed by atoms with Gasteiger partial charge in [-0.05, 0) is 69.5 Å². The number of halogens is 5. The Hall–Kier alpha value is -4.63. The lowest BCUT2D eigenvalue weighted by Crippen LogP contribution is -2.51. The predicted octanol–water partition coefficient (Wildman–Crippen LogP) is 5.60. The van der Waals surface area contributed by atoms with Crippen LogP contribution in [0.5, 0.6) is 5.75 Å². The van der Waals surface area contributed by atoms with E-state index in [1.165, 1.54) is 57.8 Å². The number of imidazole rings is 1. The van der Waals surface area contributed by atoms with Gasteiger partial charge in [0, 0.05) is 35.5 Å². The van der Waals surface area contributed by atoms with Crippen LogP contribution in [0.15, 0.2) is 48.7 Å². The average Bonchev–Trinajstić information content (AvgIpc) is 3.58. The first kappa shape index (κ1) is 37.6. The van der Waals surface area contributed by atoms with Crippen LogP contribution >= 0.6 is 23.2 Å². The summed E-state index contributed by atoms with van der Waals surface area (Å²) in [7, 11) is 0. The molecule has 1 aromatic heterocycles. The Morgan fingerprint density at radius 1 is 1.10 bits per heavy atom. The number of likely N-dealkylation sites (tertiary alicyclic amines) is 1. The van der Waals surface area contributed by atoms with Gasteiger partial charge in [0.2, 0.25) is 11.9 Å². The first-order valence-corrected chi connectivity index (χ1v) is 16.8. The molecule has 0 saturated carbocycles. The monoisotopic (exact) mass is 751 g/mol. The van der Waals surface area contributed by atoms with Crippen molar-refractivity contribution in [3.63, 3.8) is 0 Å². The summed E-state index contributed by atoms with van der Waals surface area (Å²) in [5.41, 5.74) is -0.922. The van der Waals surface area contributed by atoms with Gasteiger partial charge in [0.05, 0.1) is 18.5 Å². The van der Waals surface area contributed by atoms with Crippen LogP contribution in [0.25, 0.3) is 0 Å². The highest BCUT2D eigenvalue weighted by atomic mass is 35.5. The summed E-state index contributed by atoms with van der Waals surface area (Å²) in [4.78, 5) is 73.3. The third kappa shape index (κ3) is 8.30. The molecule has 3 unspecified atom stereocenters. The molecule has 1 fully saturated rings. The number of carbonyl (C=O) groups excluding carboxylic acids is 5. The minimum absolute atomic E-state index is 0.0426. The Labute approximate surface area is 300 Å². The van der Waals surface area contributed by atoms with Gasteiger partial charge < -0.3 is 19.7 Å². The van der Waals surface area contributed by atoms with Crippen LogP contribution in [0.3, 0.4) is 0 Å². The van der Waals surface area contributed by atoms with Crippen molar-refractivity contribution < 1.29 is 46.6 Å². The number of esters is 1. The Kier molecular flexibility index (Phi) is 11.0. The zero-order valence-electron chi connectivity index (χ0n) is 27.8. The Morgan fingerprint density at radius 3 is 2.39 bits per heavy atom. The second-order valence-electron chi connectivity index (χ2n) is 12.5. The van der Waals surface area contributed by atoms with Gasteiger partial charge in [0.1, 0.15) is 35.2 Å². The third-order valence-electron chi connectivity index (χ3n) is 8.67. The van der Waals surface area contributed by atoms with Crippen molar-refractivity contribution in [1.82, 2.24) is 19.8 Å². The third-order valence-corrected chi connectivity index (χ3v) is 9.11. The highest BCUT2D eigenvalue weighted by molar-refractivity contribution is 6.35. The number of benzene rings is 2. The maximum atomic E-state index is 14.3. The largest absolute Gasteiger partial charge is 0.573 e. The zero-order valence-corrected chi connectivity index (χ0v) is 29.3. The zero-order chi connectivity index (χ0) is 37.2. The van der Waals surface area contributed by atoms with E-state index in [1.54, 1.807) is 13.8 Å². The lowest BCUT2D eigenvalue weighted by molar-refractivity contribution is -0.274. The van der Waals surface area contributed by atoms with Gasteiger partial charge in [-0.2, -0.15) is 0 Å². The second-order valence-corrected chi connectivity index (χ2v) is 13.3. The number of nitrogens with zero attached hydrogens (tertiary/aromatic N) is 4. The van der Waals surface area contributed by atoms with E-state index in [4.69, 9.17) is 27.9 Å². The van der Waals surface area contributed by atoms with Crippen LogP contribution in [-0.4, -0.2) is 76.0 Å². The lowest BCUT2D eigenvalue weighted by Gasteiger charge is -2.33. The fourth-order valence-corrected chi connectivity index (χ4v) is 6.90. The molecule has 0 radical (unpaired) electrons. The predicted molar refractivity (Wildman–Crippen MR) is 179 cm³/mol. The number of hydrogen-bond acceptors (Lipinski definition) is 8. The number of ketones is 1. The molecule has 51 heavy (non-hydrogen) atoms. The van der Waals surface area contributed by atoms with Crippen LogP contribution in [0.4, 0.5) is 24.8 Å². The highest BCUT2D eigenvalue weighted by Crippen LogP contribution is 2.43. The normalized spacial score (nSPS) is 19.4. The van der Waals surface area contributed by atoms with E-state index in [1.807, 2.05) is 0 Å². The molecule has 3 amide bonds. The minimum atomic E-state index is -4.89. The second kappa shape index (κ2) is 14.9. The molecular weight excluding hydrogens is 718 g/mol. The molecule has 2 aromatic carbocycles. The highest BCUT2D eigenvalue weighted by Gasteiger charge is 2.51. The van der Waals surface area contributed by atoms with E-state index in [9.17, 15) is 37.1 Å². The van der Waals surface area contributed by atoms with Gasteiger partial charge >= 0.3 is 12.3 Å². The van der Waals surface area contributed by atoms with Crippen LogP contribution in [0.2, 0.25) is 10.0 Å². The number of alkyl halides is 3. The number of aromatic nitrogens is 2. The SMILES string of the molecule is CCOC(=O)CC(=O)C1CCCN(C(=O)C(C)NC(=O)c2cnc3n2C(C)(Cc2ccc(OC(F)(F)F)cc2)C(=O)N3c2cc(Cl)cc(Cl)c2)C1. The van der Waals surface area contributed by atoms with Gasteiger partial charge in [-0.15, -0.1) is 13.2 Å². The molecule has 3 aromatic rings.